The van der Waals surface area contributed by atoms with Gasteiger partial charge in [0.2, 0.25) is 0 Å². The summed E-state index contributed by atoms with van der Waals surface area (Å²) in [5.41, 5.74) is 0.752. The van der Waals surface area contributed by atoms with Gasteiger partial charge in [0, 0.05) is 16.7 Å². The summed E-state index contributed by atoms with van der Waals surface area (Å²) in [4.78, 5) is 25.6. The van der Waals surface area contributed by atoms with E-state index < -0.39 is 24.3 Å². The maximum Gasteiger partial charge on any atom is 0.338 e. The molecule has 0 atom stereocenters. The molecule has 0 radical (unpaired) electrons. The molecule has 0 unspecified atom stereocenters. The summed E-state index contributed by atoms with van der Waals surface area (Å²) in [5.74, 6) is -1.55. The average molecular weight is 405 g/mol. The van der Waals surface area contributed by atoms with Gasteiger partial charge < -0.3 is 9.64 Å². The largest absolute Gasteiger partial charge is 0.452 e. The predicted molar refractivity (Wildman–Crippen MR) is 93.4 cm³/mol. The summed E-state index contributed by atoms with van der Waals surface area (Å²) in [6.07, 6.45) is 0.101. The highest BCUT2D eigenvalue weighted by Gasteiger charge is 2.18. The van der Waals surface area contributed by atoms with Gasteiger partial charge in [0.15, 0.2) is 6.61 Å². The normalized spacial score (nSPS) is 9.96. The Labute approximate surface area is 152 Å². The first-order chi connectivity index (χ1) is 12.0. The molecule has 1 amide bonds. The van der Waals surface area contributed by atoms with Gasteiger partial charge in [-0.1, -0.05) is 15.9 Å². The highest BCUT2D eigenvalue weighted by molar-refractivity contribution is 9.10. The van der Waals surface area contributed by atoms with E-state index in [2.05, 4.69) is 15.9 Å². The second-order valence-corrected chi connectivity index (χ2v) is 5.93. The molecule has 2 rings (SSSR count). The van der Waals surface area contributed by atoms with Crippen molar-refractivity contribution in [3.63, 3.8) is 0 Å². The molecule has 5 nitrogen and oxygen atoms in total. The summed E-state index contributed by atoms with van der Waals surface area (Å²) in [6.45, 7) is -0.353. The number of ether oxygens (including phenoxy) is 1. The van der Waals surface area contributed by atoms with E-state index >= 15 is 0 Å². The molecule has 128 valence electrons. The van der Waals surface area contributed by atoms with Crippen molar-refractivity contribution < 1.29 is 18.7 Å². The Hall–Kier alpha value is -2.72. The number of nitrogens with zero attached hydrogens (tertiary/aromatic N) is 2. The van der Waals surface area contributed by atoms with Crippen LogP contribution < -0.4 is 4.90 Å². The summed E-state index contributed by atoms with van der Waals surface area (Å²) in [5, 5.41) is 8.74. The van der Waals surface area contributed by atoms with Crippen LogP contribution in [0.2, 0.25) is 0 Å². The Morgan fingerprint density at radius 3 is 2.36 bits per heavy atom. The van der Waals surface area contributed by atoms with Crippen molar-refractivity contribution in [1.29, 1.82) is 5.26 Å². The monoisotopic (exact) mass is 404 g/mol. The molecule has 7 heteroatoms. The number of hydrogen-bond donors (Lipinski definition) is 0. The molecule has 0 bridgehead atoms. The molecule has 0 saturated heterocycles. The second kappa shape index (κ2) is 8.94. The Bertz CT molecular complexity index is 785. The minimum absolute atomic E-state index is 0.101. The number of anilines is 1. The van der Waals surface area contributed by atoms with Crippen LogP contribution in [0.1, 0.15) is 16.8 Å². The number of amides is 1. The highest BCUT2D eigenvalue weighted by Crippen LogP contribution is 2.16. The zero-order valence-electron chi connectivity index (χ0n) is 13.1. The van der Waals surface area contributed by atoms with Crippen molar-refractivity contribution >= 4 is 33.5 Å². The number of hydrogen-bond acceptors (Lipinski definition) is 4. The van der Waals surface area contributed by atoms with Crippen molar-refractivity contribution in [2.75, 3.05) is 18.1 Å². The summed E-state index contributed by atoms with van der Waals surface area (Å²) < 4.78 is 18.9. The van der Waals surface area contributed by atoms with Gasteiger partial charge in [-0.3, -0.25) is 4.79 Å². The predicted octanol–water partition coefficient (Wildman–Crippen LogP) is 3.69. The lowest BCUT2D eigenvalue weighted by atomic mass is 10.2. The van der Waals surface area contributed by atoms with E-state index in [0.717, 1.165) is 4.47 Å². The number of rotatable bonds is 6. The smallest absolute Gasteiger partial charge is 0.338 e. The molecule has 0 heterocycles. The van der Waals surface area contributed by atoms with E-state index in [4.69, 9.17) is 10.00 Å². The van der Waals surface area contributed by atoms with Crippen LogP contribution in [0.15, 0.2) is 53.0 Å². The van der Waals surface area contributed by atoms with Crippen molar-refractivity contribution in [1.82, 2.24) is 0 Å². The second-order valence-electron chi connectivity index (χ2n) is 5.01. The van der Waals surface area contributed by atoms with E-state index in [1.807, 2.05) is 6.07 Å². The highest BCUT2D eigenvalue weighted by atomic mass is 79.9. The fourth-order valence-electron chi connectivity index (χ4n) is 2.06. The fourth-order valence-corrected chi connectivity index (χ4v) is 2.32. The number of benzene rings is 2. The summed E-state index contributed by atoms with van der Waals surface area (Å²) in [6, 6.07) is 13.8. The number of carbonyl (C=O) groups is 2. The van der Waals surface area contributed by atoms with Crippen LogP contribution in [0.4, 0.5) is 10.1 Å². The standard InChI is InChI=1S/C18H14BrFN2O3/c19-14-4-2-13(3-5-14)18(24)25-12-17(23)22(11-1-10-21)16-8-6-15(20)7-9-16/h2-9H,1,11-12H2. The zero-order chi connectivity index (χ0) is 18.2. The SMILES string of the molecule is N#CCCN(C(=O)COC(=O)c1ccc(Br)cc1)c1ccc(F)cc1. The number of carbonyl (C=O) groups excluding carboxylic acids is 2. The third-order valence-electron chi connectivity index (χ3n) is 3.29. The van der Waals surface area contributed by atoms with E-state index in [-0.39, 0.29) is 13.0 Å². The maximum absolute atomic E-state index is 13.0. The Kier molecular flexibility index (Phi) is 6.66. The molecule has 2 aromatic carbocycles. The molecule has 25 heavy (non-hydrogen) atoms. The molecule has 0 fully saturated rings. The summed E-state index contributed by atoms with van der Waals surface area (Å²) >= 11 is 3.26. The minimum Gasteiger partial charge on any atom is -0.452 e. The minimum atomic E-state index is -0.625. The van der Waals surface area contributed by atoms with Crippen LogP contribution in [0, 0.1) is 17.1 Å². The third-order valence-corrected chi connectivity index (χ3v) is 3.82. The van der Waals surface area contributed by atoms with Crippen molar-refractivity contribution in [2.24, 2.45) is 0 Å². The first-order valence-corrected chi connectivity index (χ1v) is 8.16. The van der Waals surface area contributed by atoms with Crippen LogP contribution in [-0.2, 0) is 9.53 Å². The van der Waals surface area contributed by atoms with Gasteiger partial charge in [-0.2, -0.15) is 5.26 Å². The van der Waals surface area contributed by atoms with Gasteiger partial charge in [0.05, 0.1) is 18.1 Å². The molecule has 0 aliphatic heterocycles. The molecule has 0 spiro atoms. The first kappa shape index (κ1) is 18.6. The van der Waals surface area contributed by atoms with Crippen LogP contribution >= 0.6 is 15.9 Å². The molecular formula is C18H14BrFN2O3. The van der Waals surface area contributed by atoms with E-state index in [1.165, 1.54) is 29.2 Å². The summed E-state index contributed by atoms with van der Waals surface area (Å²) in [7, 11) is 0. The van der Waals surface area contributed by atoms with Gasteiger partial charge in [0.1, 0.15) is 5.82 Å². The van der Waals surface area contributed by atoms with Gasteiger partial charge in [-0.15, -0.1) is 0 Å². The molecule has 0 aliphatic rings. The number of nitriles is 1. The molecule has 0 N–H and O–H groups in total. The van der Waals surface area contributed by atoms with Crippen molar-refractivity contribution in [2.45, 2.75) is 6.42 Å². The third kappa shape index (κ3) is 5.40. The molecule has 0 saturated carbocycles. The van der Waals surface area contributed by atoms with E-state index in [0.29, 0.717) is 11.3 Å². The first-order valence-electron chi connectivity index (χ1n) is 7.37. The van der Waals surface area contributed by atoms with Gasteiger partial charge in [-0.05, 0) is 48.5 Å². The van der Waals surface area contributed by atoms with Crippen LogP contribution in [0.5, 0.6) is 0 Å². The molecule has 0 aromatic heterocycles. The number of esters is 1. The van der Waals surface area contributed by atoms with Gasteiger partial charge in [-0.25, -0.2) is 9.18 Å². The lowest BCUT2D eigenvalue weighted by Crippen LogP contribution is -2.35. The maximum atomic E-state index is 13.0. The van der Waals surface area contributed by atoms with E-state index in [1.54, 1.807) is 24.3 Å². The van der Waals surface area contributed by atoms with Crippen molar-refractivity contribution in [3.05, 3.63) is 64.4 Å². The van der Waals surface area contributed by atoms with Crippen LogP contribution in [-0.4, -0.2) is 25.0 Å². The lowest BCUT2D eigenvalue weighted by molar-refractivity contribution is -0.121. The Balaban J connectivity index is 2.03. The Morgan fingerprint density at radius 2 is 1.76 bits per heavy atom. The average Bonchev–Trinajstić information content (AvgIpc) is 2.62. The van der Waals surface area contributed by atoms with Crippen LogP contribution in [0.25, 0.3) is 0 Å². The molecule has 0 aliphatic carbocycles. The molecular weight excluding hydrogens is 391 g/mol. The van der Waals surface area contributed by atoms with Gasteiger partial charge in [0.25, 0.3) is 5.91 Å². The fraction of sp³-hybridized carbons (Fsp3) is 0.167. The van der Waals surface area contributed by atoms with Gasteiger partial charge >= 0.3 is 5.97 Å². The van der Waals surface area contributed by atoms with Crippen molar-refractivity contribution in [3.8, 4) is 6.07 Å². The lowest BCUT2D eigenvalue weighted by Gasteiger charge is -2.21. The quantitative estimate of drug-likeness (QED) is 0.688. The molecule has 2 aromatic rings. The Morgan fingerprint density at radius 1 is 1.12 bits per heavy atom. The number of halogens is 2. The zero-order valence-corrected chi connectivity index (χ0v) is 14.7. The van der Waals surface area contributed by atoms with E-state index in [9.17, 15) is 14.0 Å². The van der Waals surface area contributed by atoms with Crippen LogP contribution in [0.3, 0.4) is 0 Å². The topological polar surface area (TPSA) is 70.4 Å².